The zero-order valence-corrected chi connectivity index (χ0v) is 80.8. The van der Waals surface area contributed by atoms with Crippen LogP contribution in [-0.2, 0) is 29.8 Å². The molecule has 0 amide bonds. The Balaban J connectivity index is 0.0000000827. The van der Waals surface area contributed by atoms with Crippen molar-refractivity contribution in [3.8, 4) is 126 Å². The summed E-state index contributed by atoms with van der Waals surface area (Å²) < 4.78 is 71.7. The van der Waals surface area contributed by atoms with Gasteiger partial charge in [-0.05, 0) is 233 Å². The van der Waals surface area contributed by atoms with Crippen molar-refractivity contribution in [3.05, 3.63) is 510 Å². The molecule has 25 aromatic rings. The number of aromatic nitrogens is 13. The Morgan fingerprint density at radius 3 is 0.993 bits per heavy atom. The summed E-state index contributed by atoms with van der Waals surface area (Å²) in [5.74, 6) is 15.7. The van der Waals surface area contributed by atoms with Crippen LogP contribution in [0.5, 0.6) is 80.5 Å². The van der Waals surface area contributed by atoms with Crippen molar-refractivity contribution in [3.63, 3.8) is 0 Å². The van der Waals surface area contributed by atoms with E-state index in [1.54, 1.807) is 0 Å². The molecule has 10 aromatic heterocycles. The lowest BCUT2D eigenvalue weighted by Crippen LogP contribution is -2.76. The Morgan fingerprint density at radius 2 is 0.577 bits per heavy atom. The van der Waals surface area contributed by atoms with Gasteiger partial charge in [-0.1, -0.05) is 196 Å². The number of aryl methyl sites for hydroxylation is 5. The molecule has 3 unspecified atom stereocenters. The van der Waals surface area contributed by atoms with Gasteiger partial charge in [0, 0.05) is 90.1 Å². The molecule has 0 N–H and O–H groups in total. The highest BCUT2D eigenvalue weighted by molar-refractivity contribution is 6.14. The third kappa shape index (κ3) is 11.3. The summed E-state index contributed by atoms with van der Waals surface area (Å²) in [6.07, 6.45) is 28.2. The highest BCUT2D eigenvalue weighted by Crippen LogP contribution is 2.61. The number of pyridine rings is 4. The molecule has 12 aliphatic rings. The fourth-order valence-electron chi connectivity index (χ4n) is 25.6. The number of para-hydroxylation sites is 11. The Bertz CT molecular complexity index is 9770. The lowest BCUT2D eigenvalue weighted by molar-refractivity contribution is -0.994. The van der Waals surface area contributed by atoms with E-state index in [2.05, 4.69) is 404 Å². The predicted molar refractivity (Wildman–Crippen MR) is 568 cm³/mol. The SMILES string of the molecule is C1=Cc2ccccc2Oc2ccccc21.Cc1cn2[n+](c1)C13c4c(cc(-c5ccccn5)cc4-2)Oc2ccc4c5ccccc5n(c4c21)-c1cccc[n+]13.Cc1cn2[n+](c1)C13c4c(cccc4-2)Oc2ccc4c5ccccc5n(c4c21)-c1cccc[n+]13.Cc1cn2[n+](c1)C13c4c(cccc4-2)Oc2ccc4c5ccccc5n(c4c21)-c1cccc[n+]13.c1ccc2c(c1)CCc1ccccc1O2.c1ccc2c(c1)Oc1ccccc1O2. The molecule has 0 radical (unpaired) electrons. The highest BCUT2D eigenvalue weighted by atomic mass is 16.6. The second kappa shape index (κ2) is 30.9. The van der Waals surface area contributed by atoms with Crippen LogP contribution in [0.1, 0.15) is 72.3 Å². The minimum absolute atomic E-state index is 0.561. The van der Waals surface area contributed by atoms with Crippen molar-refractivity contribution in [2.45, 2.75) is 50.6 Å². The number of benzene rings is 15. The molecule has 0 fully saturated rings. The average molecular weight is 1930 g/mol. The largest absolute Gasteiger partial charge is 0.457 e. The molecule has 15 aromatic carbocycles. The number of fused-ring (bicyclic) bond motifs is 27. The molecule has 149 heavy (non-hydrogen) atoms. The van der Waals surface area contributed by atoms with Gasteiger partial charge in [0.25, 0.3) is 17.5 Å². The van der Waals surface area contributed by atoms with E-state index in [-0.39, 0.29) is 0 Å². The topological polar surface area (TPSA) is 130 Å². The Labute approximate surface area is 852 Å². The molecule has 12 aliphatic heterocycles. The van der Waals surface area contributed by atoms with Gasteiger partial charge in [0.15, 0.2) is 56.2 Å². The van der Waals surface area contributed by atoms with Crippen molar-refractivity contribution in [1.29, 1.82) is 0 Å². The Morgan fingerprint density at radius 1 is 0.255 bits per heavy atom. The van der Waals surface area contributed by atoms with E-state index in [1.807, 2.05) is 128 Å². The van der Waals surface area contributed by atoms with Crippen molar-refractivity contribution in [2.75, 3.05) is 0 Å². The minimum Gasteiger partial charge on any atom is -0.457 e. The number of hydrogen-bond acceptors (Lipinski definition) is 8. The molecular weight excluding hydrogens is 1840 g/mol. The first-order chi connectivity index (χ1) is 73.6. The number of rotatable bonds is 1. The summed E-state index contributed by atoms with van der Waals surface area (Å²) in [6.45, 7) is 6.49. The van der Waals surface area contributed by atoms with Gasteiger partial charge < -0.3 is 33.2 Å². The van der Waals surface area contributed by atoms with Crippen LogP contribution in [0.4, 0.5) is 0 Å². The molecule has 3 spiro atoms. The summed E-state index contributed by atoms with van der Waals surface area (Å²) >= 11 is 0. The lowest BCUT2D eigenvalue weighted by atomic mass is 9.83. The van der Waals surface area contributed by atoms with Gasteiger partial charge in [0.2, 0.25) is 18.6 Å². The smallest absolute Gasteiger partial charge is 0.397 e. The van der Waals surface area contributed by atoms with Gasteiger partial charge in [-0.3, -0.25) is 4.98 Å². The third-order valence-corrected chi connectivity index (χ3v) is 31.3. The molecule has 20 heteroatoms. The first-order valence-electron chi connectivity index (χ1n) is 50.5. The van der Waals surface area contributed by atoms with Crippen LogP contribution in [0.3, 0.4) is 0 Å². The van der Waals surface area contributed by atoms with Gasteiger partial charge in [0.05, 0.1) is 42.9 Å². The predicted octanol–water partition coefficient (Wildman–Crippen LogP) is 25.7. The lowest BCUT2D eigenvalue weighted by Gasteiger charge is -2.32. The van der Waals surface area contributed by atoms with Gasteiger partial charge in [0.1, 0.15) is 108 Å². The van der Waals surface area contributed by atoms with E-state index in [1.165, 1.54) is 121 Å². The molecule has 0 bridgehead atoms. The zero-order chi connectivity index (χ0) is 98.0. The van der Waals surface area contributed by atoms with Crippen LogP contribution < -0.4 is 60.9 Å². The fourth-order valence-corrected chi connectivity index (χ4v) is 25.6. The van der Waals surface area contributed by atoms with Crippen molar-refractivity contribution < 1.29 is 60.9 Å². The first kappa shape index (κ1) is 82.8. The maximum absolute atomic E-state index is 6.85. The quantitative estimate of drug-likeness (QED) is 0.149. The van der Waals surface area contributed by atoms with Gasteiger partial charge in [-0.2, -0.15) is 27.4 Å². The number of ether oxygens (including phenoxy) is 7. The third-order valence-electron chi connectivity index (χ3n) is 31.3. The van der Waals surface area contributed by atoms with Crippen LogP contribution in [-0.4, -0.2) is 32.7 Å². The Hall–Kier alpha value is -19.7. The van der Waals surface area contributed by atoms with Gasteiger partial charge in [-0.25, -0.2) is 0 Å². The van der Waals surface area contributed by atoms with Crippen LogP contribution in [0, 0.1) is 20.8 Å². The second-order valence-corrected chi connectivity index (χ2v) is 39.6. The molecule has 37 rings (SSSR count). The summed E-state index contributed by atoms with van der Waals surface area (Å²) in [4.78, 5) is 4.66. The van der Waals surface area contributed by atoms with Gasteiger partial charge >= 0.3 is 17.0 Å². The highest BCUT2D eigenvalue weighted by Gasteiger charge is 2.72. The van der Waals surface area contributed by atoms with Crippen molar-refractivity contribution >= 4 is 77.6 Å². The van der Waals surface area contributed by atoms with Crippen LogP contribution in [0.15, 0.2) is 438 Å². The average Bonchev–Trinajstić information content (AvgIpc) is 1.49. The van der Waals surface area contributed by atoms with E-state index in [0.717, 1.165) is 156 Å². The normalized spacial score (nSPS) is 16.3. The summed E-state index contributed by atoms with van der Waals surface area (Å²) in [6, 6.07) is 130. The maximum Gasteiger partial charge on any atom is 0.397 e. The minimum atomic E-state index is -0.643. The van der Waals surface area contributed by atoms with E-state index in [0.29, 0.717) is 0 Å². The van der Waals surface area contributed by atoms with Crippen LogP contribution in [0.25, 0.3) is 123 Å². The molecule has 704 valence electrons. The summed E-state index contributed by atoms with van der Waals surface area (Å²) in [5.41, 5.74) is 26.5. The van der Waals surface area contributed by atoms with Crippen molar-refractivity contribution in [1.82, 2.24) is 32.7 Å². The molecule has 0 aliphatic carbocycles. The maximum atomic E-state index is 6.85. The van der Waals surface area contributed by atoms with E-state index in [9.17, 15) is 0 Å². The first-order valence-corrected chi connectivity index (χ1v) is 50.5. The number of hydrogen-bond donors (Lipinski definition) is 0. The zero-order valence-electron chi connectivity index (χ0n) is 80.8. The summed E-state index contributed by atoms with van der Waals surface area (Å²) in [7, 11) is 0. The standard InChI is InChI=1S/C33H21N5O.2C28H18N4O.C14H12O.C14H10O.C12H8O2/c1-20-18-36-26-16-21(24-9-4-6-14-34-24)17-28-30(26)33(37(36)19-20)31-27(39-28)13-12-23-22-8-2-3-10-25(22)38(32(23)31)29-11-5-7-15-35(29)33;2*1-17-15-30-21-9-6-10-22-25(21)28(31(30)16-17)26-23(33-22)13-12-19-18-7-2-3-8-20(18)32(27(19)26)24-11-4-5-14-29(24)28;2*1-3-7-13-11(5-1)9-10-12-6-2-4-8-14(12)15-13;1-2-6-10-9(5-1)13-11-7-3-4-8-12(11)14-10/h2-19H,1H3;2*2-16H,1H3;1-8H,9-10H2;1-10H;1-8H/q3*+2;;;. The monoisotopic (exact) mass is 1930 g/mol. The second-order valence-electron chi connectivity index (χ2n) is 39.6. The molecule has 20 nitrogen and oxygen atoms in total. The molecular formula is C129H87N13O7+6. The summed E-state index contributed by atoms with van der Waals surface area (Å²) in [5, 5.41) is 7.51. The van der Waals surface area contributed by atoms with E-state index >= 15 is 0 Å². The van der Waals surface area contributed by atoms with E-state index < -0.39 is 17.0 Å². The molecule has 3 atom stereocenters. The van der Waals surface area contributed by atoms with Crippen LogP contribution >= 0.6 is 0 Å². The van der Waals surface area contributed by atoms with Crippen LogP contribution in [0.2, 0.25) is 0 Å². The number of nitrogens with zero attached hydrogens (tertiary/aromatic N) is 13. The molecule has 0 saturated heterocycles. The Kier molecular flexibility index (Phi) is 17.2. The molecule has 0 saturated carbocycles. The van der Waals surface area contributed by atoms with E-state index in [4.69, 9.17) is 33.2 Å². The van der Waals surface area contributed by atoms with Gasteiger partial charge in [-0.15, -0.1) is 14.0 Å². The molecule has 22 heterocycles. The fraction of sp³-hybridized carbons (Fsp3) is 0.0620. The van der Waals surface area contributed by atoms with Crippen molar-refractivity contribution in [2.24, 2.45) is 0 Å².